The quantitative estimate of drug-likeness (QED) is 0.806. The highest BCUT2D eigenvalue weighted by Crippen LogP contribution is 2.04. The maximum absolute atomic E-state index is 11.8. The Morgan fingerprint density at radius 3 is 2.05 bits per heavy atom. The molecule has 5 nitrogen and oxygen atoms in total. The highest BCUT2D eigenvalue weighted by molar-refractivity contribution is 5.95. The van der Waals surface area contributed by atoms with Gasteiger partial charge < -0.3 is 15.3 Å². The van der Waals surface area contributed by atoms with Gasteiger partial charge in [0.15, 0.2) is 0 Å². The number of hydrogen-bond donors (Lipinski definition) is 2. The lowest BCUT2D eigenvalue weighted by molar-refractivity contribution is 0.0696. The van der Waals surface area contributed by atoms with Crippen molar-refractivity contribution in [3.05, 3.63) is 35.4 Å². The van der Waals surface area contributed by atoms with Crippen LogP contribution < -0.4 is 5.32 Å². The van der Waals surface area contributed by atoms with Gasteiger partial charge in [0.2, 0.25) is 0 Å². The highest BCUT2D eigenvalue weighted by atomic mass is 35.5. The summed E-state index contributed by atoms with van der Waals surface area (Å²) in [7, 11) is 0. The largest absolute Gasteiger partial charge is 0.478 e. The average Bonchev–Trinajstić information content (AvgIpc) is 2.43. The Labute approximate surface area is 125 Å². The van der Waals surface area contributed by atoms with Gasteiger partial charge in [-0.15, -0.1) is 12.4 Å². The molecule has 0 spiro atoms. The Bertz CT molecular complexity index is 431. The van der Waals surface area contributed by atoms with Gasteiger partial charge in [-0.05, 0) is 37.4 Å². The predicted octanol–water partition coefficient (Wildman–Crippen LogP) is 1.88. The van der Waals surface area contributed by atoms with Crippen LogP contribution in [0.15, 0.2) is 24.3 Å². The third kappa shape index (κ3) is 5.59. The van der Waals surface area contributed by atoms with Crippen molar-refractivity contribution in [1.29, 1.82) is 0 Å². The number of carboxylic acid groups (broad SMARTS) is 1. The Kier molecular flexibility index (Phi) is 8.59. The van der Waals surface area contributed by atoms with Gasteiger partial charge in [0, 0.05) is 18.7 Å². The van der Waals surface area contributed by atoms with Gasteiger partial charge >= 0.3 is 5.97 Å². The molecule has 0 unspecified atom stereocenters. The van der Waals surface area contributed by atoms with E-state index in [0.29, 0.717) is 12.1 Å². The Morgan fingerprint density at radius 2 is 1.60 bits per heavy atom. The van der Waals surface area contributed by atoms with Crippen molar-refractivity contribution in [3.8, 4) is 0 Å². The number of rotatable bonds is 7. The number of likely N-dealkylation sites (N-methyl/N-ethyl adjacent to an activating group) is 1. The van der Waals surface area contributed by atoms with E-state index >= 15 is 0 Å². The summed E-state index contributed by atoms with van der Waals surface area (Å²) in [5.41, 5.74) is 0.657. The zero-order valence-corrected chi connectivity index (χ0v) is 12.6. The molecule has 1 rings (SSSR count). The second kappa shape index (κ2) is 9.34. The molecule has 0 atom stereocenters. The van der Waals surface area contributed by atoms with E-state index in [9.17, 15) is 9.59 Å². The third-order valence-corrected chi connectivity index (χ3v) is 3.00. The zero-order chi connectivity index (χ0) is 14.3. The van der Waals surface area contributed by atoms with Crippen LogP contribution in [0.4, 0.5) is 0 Å². The minimum atomic E-state index is -0.992. The molecule has 0 radical (unpaired) electrons. The minimum Gasteiger partial charge on any atom is -0.478 e. The van der Waals surface area contributed by atoms with Crippen LogP contribution in [0.5, 0.6) is 0 Å². The molecule has 0 aromatic heterocycles. The summed E-state index contributed by atoms with van der Waals surface area (Å²) in [6.07, 6.45) is 0. The smallest absolute Gasteiger partial charge is 0.335 e. The van der Waals surface area contributed by atoms with Crippen LogP contribution in [-0.4, -0.2) is 48.1 Å². The number of hydrogen-bond acceptors (Lipinski definition) is 3. The number of carboxylic acids is 1. The molecule has 6 heteroatoms. The molecule has 0 saturated carbocycles. The molecule has 0 aliphatic heterocycles. The molecule has 20 heavy (non-hydrogen) atoms. The van der Waals surface area contributed by atoms with Gasteiger partial charge in [-0.1, -0.05) is 13.8 Å². The first kappa shape index (κ1) is 18.4. The summed E-state index contributed by atoms with van der Waals surface area (Å²) in [6.45, 7) is 7.47. The van der Waals surface area contributed by atoms with Crippen LogP contribution in [0.2, 0.25) is 0 Å². The standard InChI is InChI=1S/C14H20N2O3.ClH/c1-3-16(4-2)10-9-15-13(17)11-5-7-12(8-6-11)14(18)19;/h5-8H,3-4,9-10H2,1-2H3,(H,15,17)(H,18,19);1H. The molecule has 1 amide bonds. The molecule has 1 aromatic rings. The SMILES string of the molecule is CCN(CC)CCNC(=O)c1ccc(C(=O)O)cc1.Cl. The summed E-state index contributed by atoms with van der Waals surface area (Å²) in [4.78, 5) is 24.7. The number of amides is 1. The van der Waals surface area contributed by atoms with E-state index in [-0.39, 0.29) is 23.9 Å². The second-order valence-electron chi connectivity index (χ2n) is 4.17. The van der Waals surface area contributed by atoms with Crippen LogP contribution in [0, 0.1) is 0 Å². The van der Waals surface area contributed by atoms with Gasteiger partial charge in [0.25, 0.3) is 5.91 Å². The van der Waals surface area contributed by atoms with Crippen molar-refractivity contribution in [2.75, 3.05) is 26.2 Å². The molecule has 0 bridgehead atoms. The third-order valence-electron chi connectivity index (χ3n) is 3.00. The van der Waals surface area contributed by atoms with Crippen molar-refractivity contribution < 1.29 is 14.7 Å². The molecule has 0 fully saturated rings. The first-order valence-electron chi connectivity index (χ1n) is 6.42. The lowest BCUT2D eigenvalue weighted by Crippen LogP contribution is -2.34. The molecule has 0 aliphatic rings. The van der Waals surface area contributed by atoms with Crippen LogP contribution in [0.3, 0.4) is 0 Å². The summed E-state index contributed by atoms with van der Waals surface area (Å²) >= 11 is 0. The zero-order valence-electron chi connectivity index (χ0n) is 11.8. The van der Waals surface area contributed by atoms with Gasteiger partial charge in [0.1, 0.15) is 0 Å². The predicted molar refractivity (Wildman–Crippen MR) is 80.8 cm³/mol. The van der Waals surface area contributed by atoms with Gasteiger partial charge in [-0.3, -0.25) is 4.79 Å². The molecule has 2 N–H and O–H groups in total. The first-order valence-corrected chi connectivity index (χ1v) is 6.42. The fourth-order valence-electron chi connectivity index (χ4n) is 1.73. The van der Waals surface area contributed by atoms with Crippen molar-refractivity contribution in [3.63, 3.8) is 0 Å². The average molecular weight is 301 g/mol. The van der Waals surface area contributed by atoms with E-state index < -0.39 is 5.97 Å². The van der Waals surface area contributed by atoms with E-state index in [1.807, 2.05) is 0 Å². The van der Waals surface area contributed by atoms with Gasteiger partial charge in [-0.25, -0.2) is 4.79 Å². The molecule has 0 saturated heterocycles. The summed E-state index contributed by atoms with van der Waals surface area (Å²) in [5.74, 6) is -1.17. The topological polar surface area (TPSA) is 69.6 Å². The van der Waals surface area contributed by atoms with Crippen molar-refractivity contribution in [2.45, 2.75) is 13.8 Å². The van der Waals surface area contributed by atoms with Gasteiger partial charge in [-0.2, -0.15) is 0 Å². The molecule has 0 heterocycles. The normalized spacial score (nSPS) is 9.95. The van der Waals surface area contributed by atoms with Crippen molar-refractivity contribution in [2.24, 2.45) is 0 Å². The van der Waals surface area contributed by atoms with E-state index in [4.69, 9.17) is 5.11 Å². The van der Waals surface area contributed by atoms with Crippen LogP contribution in [0.1, 0.15) is 34.6 Å². The van der Waals surface area contributed by atoms with E-state index in [0.717, 1.165) is 19.6 Å². The summed E-state index contributed by atoms with van der Waals surface area (Å²) in [5, 5.41) is 11.6. The number of aromatic carboxylic acids is 1. The lowest BCUT2D eigenvalue weighted by atomic mass is 10.1. The Balaban J connectivity index is 0.00000361. The van der Waals surface area contributed by atoms with Crippen LogP contribution >= 0.6 is 12.4 Å². The van der Waals surface area contributed by atoms with Crippen molar-refractivity contribution in [1.82, 2.24) is 10.2 Å². The highest BCUT2D eigenvalue weighted by Gasteiger charge is 2.07. The number of nitrogens with zero attached hydrogens (tertiary/aromatic N) is 1. The summed E-state index contributed by atoms with van der Waals surface area (Å²) < 4.78 is 0. The molecule has 1 aromatic carbocycles. The maximum Gasteiger partial charge on any atom is 0.335 e. The molecule has 0 aliphatic carbocycles. The van der Waals surface area contributed by atoms with E-state index in [2.05, 4.69) is 24.1 Å². The minimum absolute atomic E-state index is 0. The molecular formula is C14H21ClN2O3. The van der Waals surface area contributed by atoms with Crippen molar-refractivity contribution >= 4 is 24.3 Å². The maximum atomic E-state index is 11.8. The number of benzene rings is 1. The van der Waals surface area contributed by atoms with E-state index in [1.165, 1.54) is 24.3 Å². The first-order chi connectivity index (χ1) is 9.08. The second-order valence-corrected chi connectivity index (χ2v) is 4.17. The van der Waals surface area contributed by atoms with E-state index in [1.54, 1.807) is 0 Å². The molecular weight excluding hydrogens is 280 g/mol. The lowest BCUT2D eigenvalue weighted by Gasteiger charge is -2.17. The number of carbonyl (C=O) groups is 2. The van der Waals surface area contributed by atoms with Gasteiger partial charge in [0.05, 0.1) is 5.56 Å². The van der Waals surface area contributed by atoms with Crippen LogP contribution in [-0.2, 0) is 0 Å². The Morgan fingerprint density at radius 1 is 1.10 bits per heavy atom. The Hall–Kier alpha value is -1.59. The summed E-state index contributed by atoms with van der Waals surface area (Å²) in [6, 6.07) is 5.91. The monoisotopic (exact) mass is 300 g/mol. The fraction of sp³-hybridized carbons (Fsp3) is 0.429. The number of halogens is 1. The fourth-order valence-corrected chi connectivity index (χ4v) is 1.73. The number of carbonyl (C=O) groups excluding carboxylic acids is 1. The van der Waals surface area contributed by atoms with Crippen LogP contribution in [0.25, 0.3) is 0 Å². The molecule has 112 valence electrons. The number of nitrogens with one attached hydrogen (secondary N) is 1.